The molecule has 0 radical (unpaired) electrons. The molecule has 12 heavy (non-hydrogen) atoms. The molecule has 0 bridgehead atoms. The van der Waals surface area contributed by atoms with Crippen molar-refractivity contribution in [2.75, 3.05) is 0 Å². The predicted molar refractivity (Wildman–Crippen MR) is 21.3 cm³/mol. The fraction of sp³-hybridized carbons (Fsp3) is 0. The zero-order valence-electron chi connectivity index (χ0n) is 6.09. The molecule has 0 spiro atoms. The van der Waals surface area contributed by atoms with Crippen molar-refractivity contribution in [3.63, 3.8) is 0 Å². The van der Waals surface area contributed by atoms with Gasteiger partial charge in [0.1, 0.15) is 0 Å². The fourth-order valence-corrected chi connectivity index (χ4v) is 0. The van der Waals surface area contributed by atoms with E-state index < -0.39 is 22.0 Å². The van der Waals surface area contributed by atoms with Gasteiger partial charge in [-0.2, -0.15) is 0 Å². The van der Waals surface area contributed by atoms with Crippen LogP contribution in [0.2, 0.25) is 0 Å². The van der Waals surface area contributed by atoms with Crippen LogP contribution in [0.5, 0.6) is 0 Å². The summed E-state index contributed by atoms with van der Waals surface area (Å²) in [5, 5.41) is 0. The minimum absolute atomic E-state index is 0. The van der Waals surface area contributed by atoms with Crippen molar-refractivity contribution in [1.29, 1.82) is 0 Å². The molecule has 0 fully saturated rings. The third-order valence-corrected chi connectivity index (χ3v) is 0. The van der Waals surface area contributed by atoms with Crippen LogP contribution in [0.25, 0.3) is 0 Å². The second kappa shape index (κ2) is 10.3. The minimum atomic E-state index is -5.38. The maximum atomic E-state index is 8.89. The molecule has 12 heteroatoms. The Morgan fingerprint density at radius 3 is 1.25 bits per heavy atom. The number of hydrogen-bond acceptors (Lipinski definition) is 7. The Morgan fingerprint density at radius 1 is 1.25 bits per heavy atom. The second-order valence-electron chi connectivity index (χ2n) is 0.804. The quantitative estimate of drug-likeness (QED) is 0.435. The van der Waals surface area contributed by atoms with E-state index in [2.05, 4.69) is 11.2 Å². The van der Waals surface area contributed by atoms with E-state index in [0.717, 1.165) is 0 Å². The van der Waals surface area contributed by atoms with Crippen LogP contribution in [0.3, 0.4) is 0 Å². The molecule has 0 unspecified atom stereocenters. The van der Waals surface area contributed by atoms with Crippen LogP contribution in [0.1, 0.15) is 0 Å². The standard InChI is InChI=1S/K.Mn.Na.H2O3S2.H2O.3O/c;;;1-5(2,3)4;;;;/h;;;(H2,1,2,3,4);1H2;;;/q3*+1;;;;;/p-3. The summed E-state index contributed by atoms with van der Waals surface area (Å²) in [5.74, 6) is 0. The molecule has 0 atom stereocenters. The molecule has 1 N–H and O–H groups in total. The van der Waals surface area contributed by atoms with Crippen molar-refractivity contribution in [1.82, 2.24) is 0 Å². The maximum absolute atomic E-state index is 8.89. The number of rotatable bonds is 0. The second-order valence-corrected chi connectivity index (χ2v) is 4.08. The van der Waals surface area contributed by atoms with Crippen LogP contribution in [-0.4, -0.2) is 17.5 Å². The van der Waals surface area contributed by atoms with Gasteiger partial charge in [0.25, 0.3) is 0 Å². The third-order valence-electron chi connectivity index (χ3n) is 0. The van der Waals surface area contributed by atoms with Crippen molar-refractivity contribution in [3.8, 4) is 0 Å². The van der Waals surface area contributed by atoms with Gasteiger partial charge >= 0.3 is 110 Å². The van der Waals surface area contributed by atoms with Crippen LogP contribution in [-0.2, 0) is 44.7 Å². The molecular weight excluding hydrogens is 293 g/mol. The van der Waals surface area contributed by atoms with E-state index in [-0.39, 0.29) is 80.9 Å². The summed E-state index contributed by atoms with van der Waals surface area (Å²) in [6, 6.07) is 0. The molecule has 0 amide bonds. The Hall–Kier alpha value is 2.81. The van der Waals surface area contributed by atoms with E-state index in [1.165, 1.54) is 0 Å². The van der Waals surface area contributed by atoms with Crippen molar-refractivity contribution in [3.05, 3.63) is 0 Å². The van der Waals surface area contributed by atoms with Crippen molar-refractivity contribution in [2.24, 2.45) is 0 Å². The summed E-state index contributed by atoms with van der Waals surface area (Å²) < 4.78 is 59.7. The molecule has 0 saturated carbocycles. The van der Waals surface area contributed by atoms with E-state index in [1.54, 1.807) is 0 Å². The van der Waals surface area contributed by atoms with Gasteiger partial charge < -0.3 is 9.11 Å². The van der Waals surface area contributed by atoms with E-state index in [1.807, 2.05) is 0 Å². The van der Waals surface area contributed by atoms with Gasteiger partial charge in [0.2, 0.25) is 0 Å². The van der Waals surface area contributed by atoms with E-state index in [9.17, 15) is 0 Å². The zero-order valence-corrected chi connectivity index (χ0v) is 14.0. The van der Waals surface area contributed by atoms with Gasteiger partial charge in [-0.1, -0.05) is 0 Å². The van der Waals surface area contributed by atoms with Crippen LogP contribution in [0.4, 0.5) is 0 Å². The van der Waals surface area contributed by atoms with Gasteiger partial charge in [-0.05, 0) is 11.2 Å². The normalized spacial score (nSPS) is 9.58. The summed E-state index contributed by atoms with van der Waals surface area (Å²) in [6.07, 6.45) is 0. The molecule has 0 aromatic rings. The van der Waals surface area contributed by atoms with Crippen LogP contribution >= 0.6 is 0 Å². The summed E-state index contributed by atoms with van der Waals surface area (Å²) in [6.45, 7) is 0. The van der Waals surface area contributed by atoms with Gasteiger partial charge in [0.15, 0.2) is 0 Å². The third kappa shape index (κ3) is 227. The molecule has 7 nitrogen and oxygen atoms in total. The van der Waals surface area contributed by atoms with Crippen molar-refractivity contribution >= 4 is 20.2 Å². The summed E-state index contributed by atoms with van der Waals surface area (Å²) in [4.78, 5) is 0. The van der Waals surface area contributed by atoms with Crippen LogP contribution < -0.4 is 80.9 Å². The first-order valence-electron chi connectivity index (χ1n) is 1.30. The van der Waals surface area contributed by atoms with Crippen LogP contribution in [0, 0.1) is 0 Å². The van der Waals surface area contributed by atoms with Gasteiger partial charge in [-0.3, -0.25) is 4.21 Å². The molecule has 0 rings (SSSR count). The summed E-state index contributed by atoms with van der Waals surface area (Å²) in [7, 11) is -4.33. The predicted octanol–water partition coefficient (Wildman–Crippen LogP) is -7.91. The molecule has 0 aromatic heterocycles. The average Bonchev–Trinajstić information content (AvgIpc) is 1.12. The molecule has 0 saturated heterocycles. The molecule has 0 aromatic carbocycles. The molecule has 0 heterocycles. The first-order chi connectivity index (χ1) is 4.00. The Kier molecular flexibility index (Phi) is 20.8. The summed E-state index contributed by atoms with van der Waals surface area (Å²) >= 11 is -2.13. The average molecular weight is 294 g/mol. The van der Waals surface area contributed by atoms with Gasteiger partial charge in [-0.15, -0.1) is 9.05 Å². The zero-order chi connectivity index (χ0) is 9.00. The van der Waals surface area contributed by atoms with Gasteiger partial charge in [-0.25, -0.2) is 0 Å². The summed E-state index contributed by atoms with van der Waals surface area (Å²) in [5.41, 5.74) is 0. The van der Waals surface area contributed by atoms with Crippen molar-refractivity contribution < 1.29 is 123 Å². The first kappa shape index (κ1) is 24.2. The fourth-order valence-electron chi connectivity index (χ4n) is 0. The van der Waals surface area contributed by atoms with Gasteiger partial charge in [0, 0.05) is 0 Å². The number of hydrogen-bond donors (Lipinski definition) is 1. The van der Waals surface area contributed by atoms with E-state index >= 15 is 0 Å². The molecule has 0 aliphatic rings. The molecule has 0 aliphatic carbocycles. The molecule has 64 valence electrons. The molecule has 0 aliphatic heterocycles. The van der Waals surface area contributed by atoms with E-state index in [4.69, 9.17) is 29.0 Å². The Balaban J connectivity index is -0.0000000457. The Bertz CT molecular complexity index is 296. The van der Waals surface area contributed by atoms with Crippen molar-refractivity contribution in [2.45, 2.75) is 0 Å². The SMILES string of the molecule is O=S([O-])([O-])=S.[K+].[Na+].[O]=[Mn](=[O])(=[O])[OH]. The topological polar surface area (TPSA) is 135 Å². The first-order valence-corrected chi connectivity index (χ1v) is 5.61. The van der Waals surface area contributed by atoms with Crippen LogP contribution in [0.15, 0.2) is 0 Å². The monoisotopic (exact) mass is 294 g/mol. The Morgan fingerprint density at radius 2 is 1.25 bits per heavy atom. The molecular formula is HKMnNaO7S2. The van der Waals surface area contributed by atoms with E-state index in [0.29, 0.717) is 0 Å². The van der Waals surface area contributed by atoms with Gasteiger partial charge in [0.05, 0.1) is 0 Å². The Labute approximate surface area is 140 Å².